The van der Waals surface area contributed by atoms with Crippen molar-refractivity contribution < 1.29 is 51.9 Å². The Kier molecular flexibility index (Phi) is 8.20. The average Bonchev–Trinajstić information content (AvgIpc) is 3.24. The third-order valence-corrected chi connectivity index (χ3v) is 6.73. The van der Waals surface area contributed by atoms with Gasteiger partial charge in [-0.3, -0.25) is 4.79 Å². The van der Waals surface area contributed by atoms with Gasteiger partial charge in [-0.05, 0) is 44.1 Å². The fourth-order valence-corrected chi connectivity index (χ4v) is 4.65. The Morgan fingerprint density at radius 3 is 2.37 bits per heavy atom. The Bertz CT molecular complexity index is 1150. The lowest BCUT2D eigenvalue weighted by Gasteiger charge is -2.38. The number of hydrogen-bond acceptors (Lipinski definition) is 7. The number of aliphatic carboxylic acids is 2. The molecule has 5 rings (SSSR count). The highest BCUT2D eigenvalue weighted by molar-refractivity contribution is 5.73. The molecule has 9 nitrogen and oxygen atoms in total. The minimum Gasteiger partial charge on any atom is -0.492 e. The van der Waals surface area contributed by atoms with Gasteiger partial charge in [0.2, 0.25) is 0 Å². The van der Waals surface area contributed by atoms with Crippen LogP contribution in [0.1, 0.15) is 24.8 Å². The van der Waals surface area contributed by atoms with Crippen LogP contribution >= 0.6 is 0 Å². The first-order valence-electron chi connectivity index (χ1n) is 12.1. The van der Waals surface area contributed by atoms with Gasteiger partial charge in [0, 0.05) is 23.6 Å². The van der Waals surface area contributed by atoms with Gasteiger partial charge in [0.05, 0.1) is 13.0 Å². The maximum absolute atomic E-state index is 10.8. The van der Waals surface area contributed by atoms with Crippen LogP contribution in [0.2, 0.25) is 0 Å². The molecule has 0 saturated carbocycles. The zero-order valence-electron chi connectivity index (χ0n) is 20.4. The molecule has 1 saturated heterocycles. The van der Waals surface area contributed by atoms with Gasteiger partial charge < -0.3 is 34.1 Å². The molecule has 2 aromatic carbocycles. The first-order valence-corrected chi connectivity index (χ1v) is 12.1. The number of hydrogen-bond donors (Lipinski definition) is 2. The Morgan fingerprint density at radius 2 is 1.71 bits per heavy atom. The van der Waals surface area contributed by atoms with Gasteiger partial charge in [0.25, 0.3) is 0 Å². The van der Waals surface area contributed by atoms with E-state index in [0.29, 0.717) is 26.4 Å². The Labute approximate surface area is 216 Å². The third-order valence-electron chi connectivity index (χ3n) is 6.73. The molecule has 3 aliphatic heterocycles. The van der Waals surface area contributed by atoms with Crippen molar-refractivity contribution in [3.8, 4) is 23.0 Å². The number of rotatable bonds is 6. The van der Waals surface area contributed by atoms with Gasteiger partial charge in [0.15, 0.2) is 17.6 Å². The van der Waals surface area contributed by atoms with Gasteiger partial charge in [-0.1, -0.05) is 18.2 Å². The number of nitrogens with zero attached hydrogens (tertiary/aromatic N) is 1. The van der Waals surface area contributed by atoms with E-state index >= 15 is 0 Å². The standard InChI is InChI=1S/C24H27NO6.C2HF3O2/c26-23(27)7-10-25-11-8-24(9-12-25)16-30-22-13-17(5-6-19(22)24)28-14-18-15-29-20-3-1-2-4-21(20)31-18;3-2(4,5)1(6)7/h1-6,13,18H,7-12,14-16H2,(H,26,27);(H,6,7). The van der Waals surface area contributed by atoms with Crippen LogP contribution < -0.4 is 18.9 Å². The zero-order valence-corrected chi connectivity index (χ0v) is 20.4. The highest BCUT2D eigenvalue weighted by atomic mass is 19.4. The minimum absolute atomic E-state index is 0.0254. The van der Waals surface area contributed by atoms with Crippen LogP contribution in [0.4, 0.5) is 13.2 Å². The summed E-state index contributed by atoms with van der Waals surface area (Å²) in [6.45, 7) is 3.94. The molecule has 3 heterocycles. The Hall–Kier alpha value is -3.67. The highest BCUT2D eigenvalue weighted by Gasteiger charge is 2.43. The molecule has 0 bridgehead atoms. The van der Waals surface area contributed by atoms with Crippen LogP contribution in [0.15, 0.2) is 42.5 Å². The molecule has 206 valence electrons. The quantitative estimate of drug-likeness (QED) is 0.567. The zero-order chi connectivity index (χ0) is 27.3. The monoisotopic (exact) mass is 539 g/mol. The van der Waals surface area contributed by atoms with Crippen molar-refractivity contribution in [2.75, 3.05) is 39.5 Å². The number of alkyl halides is 3. The van der Waals surface area contributed by atoms with Crippen molar-refractivity contribution in [1.29, 1.82) is 0 Å². The van der Waals surface area contributed by atoms with Crippen molar-refractivity contribution in [3.63, 3.8) is 0 Å². The van der Waals surface area contributed by atoms with Crippen molar-refractivity contribution in [2.45, 2.75) is 37.0 Å². The number of likely N-dealkylation sites (tertiary alicyclic amines) is 1. The van der Waals surface area contributed by atoms with Gasteiger partial charge in [-0.15, -0.1) is 0 Å². The smallest absolute Gasteiger partial charge is 0.490 e. The predicted molar refractivity (Wildman–Crippen MR) is 127 cm³/mol. The van der Waals surface area contributed by atoms with Gasteiger partial charge >= 0.3 is 18.1 Å². The molecule has 0 amide bonds. The first kappa shape index (κ1) is 27.4. The topological polar surface area (TPSA) is 115 Å². The van der Waals surface area contributed by atoms with E-state index in [1.807, 2.05) is 36.4 Å². The predicted octanol–water partition coefficient (Wildman–Crippen LogP) is 3.74. The number of para-hydroxylation sites is 2. The maximum Gasteiger partial charge on any atom is 0.490 e. The molecule has 1 unspecified atom stereocenters. The second-order valence-corrected chi connectivity index (χ2v) is 9.32. The van der Waals surface area contributed by atoms with Crippen molar-refractivity contribution in [2.24, 2.45) is 0 Å². The molecule has 0 radical (unpaired) electrons. The van der Waals surface area contributed by atoms with E-state index < -0.39 is 18.1 Å². The molecule has 3 aliphatic rings. The average molecular weight is 540 g/mol. The van der Waals surface area contributed by atoms with Crippen molar-refractivity contribution in [3.05, 3.63) is 48.0 Å². The summed E-state index contributed by atoms with van der Waals surface area (Å²) in [6.07, 6.45) is -3.09. The van der Waals surface area contributed by atoms with Crippen LogP contribution in [-0.2, 0) is 15.0 Å². The number of fused-ring (bicyclic) bond motifs is 3. The van der Waals surface area contributed by atoms with Gasteiger partial charge in [-0.2, -0.15) is 13.2 Å². The molecule has 2 aromatic rings. The van der Waals surface area contributed by atoms with E-state index in [0.717, 1.165) is 48.9 Å². The molecule has 0 aliphatic carbocycles. The molecule has 0 aromatic heterocycles. The van der Waals surface area contributed by atoms with Crippen LogP contribution in [0.25, 0.3) is 0 Å². The lowest BCUT2D eigenvalue weighted by Crippen LogP contribution is -2.44. The summed E-state index contributed by atoms with van der Waals surface area (Å²) in [5, 5.41) is 16.0. The fraction of sp³-hybridized carbons (Fsp3) is 0.462. The maximum atomic E-state index is 10.8. The second kappa shape index (κ2) is 11.4. The lowest BCUT2D eigenvalue weighted by molar-refractivity contribution is -0.192. The summed E-state index contributed by atoms with van der Waals surface area (Å²) < 4.78 is 55.5. The molecule has 12 heteroatoms. The van der Waals surface area contributed by atoms with Crippen molar-refractivity contribution >= 4 is 11.9 Å². The number of carbonyl (C=O) groups is 2. The van der Waals surface area contributed by atoms with Crippen LogP contribution in [0, 0.1) is 0 Å². The number of piperidine rings is 1. The van der Waals surface area contributed by atoms with Gasteiger partial charge in [0.1, 0.15) is 24.7 Å². The molecule has 38 heavy (non-hydrogen) atoms. The first-order chi connectivity index (χ1) is 18.1. The lowest BCUT2D eigenvalue weighted by atomic mass is 9.74. The SMILES string of the molecule is O=C(O)C(F)(F)F.O=C(O)CCN1CCC2(CC1)COc1cc(OCC3COc4ccccc4O3)ccc12. The summed E-state index contributed by atoms with van der Waals surface area (Å²) in [5.41, 5.74) is 1.27. The number of halogens is 3. The van der Waals surface area contributed by atoms with Gasteiger partial charge in [-0.25, -0.2) is 4.79 Å². The van der Waals surface area contributed by atoms with E-state index in [-0.39, 0.29) is 17.9 Å². The molecule has 1 fully saturated rings. The van der Waals surface area contributed by atoms with Crippen LogP contribution in [0.3, 0.4) is 0 Å². The molecular formula is C26H28F3NO8. The number of carboxylic acids is 2. The fourth-order valence-electron chi connectivity index (χ4n) is 4.65. The second-order valence-electron chi connectivity index (χ2n) is 9.32. The van der Waals surface area contributed by atoms with E-state index in [2.05, 4.69) is 11.0 Å². The highest BCUT2D eigenvalue weighted by Crippen LogP contribution is 2.46. The van der Waals surface area contributed by atoms with Crippen LogP contribution in [-0.4, -0.2) is 78.8 Å². The summed E-state index contributed by atoms with van der Waals surface area (Å²) in [6, 6.07) is 13.8. The minimum atomic E-state index is -5.08. The third kappa shape index (κ3) is 6.60. The number of carboxylic acid groups (broad SMARTS) is 2. The Morgan fingerprint density at radius 1 is 1.03 bits per heavy atom. The molecule has 1 atom stereocenters. The normalized spacial score (nSPS) is 19.5. The number of ether oxygens (including phenoxy) is 4. The van der Waals surface area contributed by atoms with E-state index in [1.54, 1.807) is 0 Å². The molecule has 1 spiro atoms. The summed E-state index contributed by atoms with van der Waals surface area (Å²) >= 11 is 0. The summed E-state index contributed by atoms with van der Waals surface area (Å²) in [5.74, 6) is -0.329. The van der Waals surface area contributed by atoms with Crippen molar-refractivity contribution in [1.82, 2.24) is 4.90 Å². The van der Waals surface area contributed by atoms with E-state index in [1.165, 1.54) is 5.56 Å². The molecular weight excluding hydrogens is 511 g/mol. The molecule has 2 N–H and O–H groups in total. The summed E-state index contributed by atoms with van der Waals surface area (Å²) in [7, 11) is 0. The Balaban J connectivity index is 0.000000426. The van der Waals surface area contributed by atoms with E-state index in [4.69, 9.17) is 34.0 Å². The largest absolute Gasteiger partial charge is 0.492 e. The van der Waals surface area contributed by atoms with Crippen LogP contribution in [0.5, 0.6) is 23.0 Å². The van der Waals surface area contributed by atoms with E-state index in [9.17, 15) is 18.0 Å². The summed E-state index contributed by atoms with van der Waals surface area (Å²) in [4.78, 5) is 22.0. The number of benzene rings is 2.